The number of hydrogen-bond acceptors (Lipinski definition) is 5. The second-order valence-corrected chi connectivity index (χ2v) is 4.49. The van der Waals surface area contributed by atoms with Gasteiger partial charge in [-0.3, -0.25) is 9.97 Å². The molecule has 1 unspecified atom stereocenters. The predicted molar refractivity (Wildman–Crippen MR) is 74.2 cm³/mol. The van der Waals surface area contributed by atoms with Crippen molar-refractivity contribution >= 4 is 24.6 Å². The molecule has 0 bridgehead atoms. The Morgan fingerprint density at radius 1 is 0.889 bits per heavy atom. The zero-order valence-corrected chi connectivity index (χ0v) is 10.3. The molecule has 0 saturated heterocycles. The van der Waals surface area contributed by atoms with Gasteiger partial charge in [-0.05, 0) is 24.3 Å². The van der Waals surface area contributed by atoms with Crippen LogP contribution in [0.15, 0.2) is 59.0 Å². The summed E-state index contributed by atoms with van der Waals surface area (Å²) >= 11 is 4.55. The van der Waals surface area contributed by atoms with Gasteiger partial charge in [0.2, 0.25) is 4.99 Å². The maximum atomic E-state index is 4.56. The quantitative estimate of drug-likeness (QED) is 0.834. The minimum absolute atomic E-state index is 0.809. The number of aromatic nitrogens is 2. The number of nitrogens with zero attached hydrogens (tertiary/aromatic N) is 4. The summed E-state index contributed by atoms with van der Waals surface area (Å²) in [4.78, 5) is 16.1. The van der Waals surface area contributed by atoms with Gasteiger partial charge in [0.1, 0.15) is 0 Å². The van der Waals surface area contributed by atoms with Gasteiger partial charge in [-0.15, -0.1) is 12.6 Å². The molecule has 0 amide bonds. The minimum atomic E-state index is -0.846. The van der Waals surface area contributed by atoms with Crippen LogP contribution in [0.3, 0.4) is 0 Å². The zero-order chi connectivity index (χ0) is 12.4. The van der Waals surface area contributed by atoms with E-state index in [1.807, 2.05) is 24.3 Å². The van der Waals surface area contributed by atoms with Crippen LogP contribution in [0, 0.1) is 0 Å². The first-order valence-electron chi connectivity index (χ1n) is 5.46. The topological polar surface area (TPSA) is 50.5 Å². The minimum Gasteiger partial charge on any atom is -0.265 e. The lowest BCUT2D eigenvalue weighted by atomic mass is 10.2. The number of aliphatic imine (C=N–C) groups is 2. The van der Waals surface area contributed by atoms with Gasteiger partial charge in [0, 0.05) is 35.9 Å². The van der Waals surface area contributed by atoms with Crippen LogP contribution in [0.2, 0.25) is 0 Å². The van der Waals surface area contributed by atoms with Crippen LogP contribution in [0.25, 0.3) is 0 Å². The number of pyridine rings is 2. The van der Waals surface area contributed by atoms with Gasteiger partial charge in [0.05, 0.1) is 11.9 Å². The molecule has 2 aromatic rings. The molecule has 3 rings (SSSR count). The van der Waals surface area contributed by atoms with E-state index in [-0.39, 0.29) is 0 Å². The molecule has 0 fully saturated rings. The molecular formula is C13H10N4S. The first-order valence-corrected chi connectivity index (χ1v) is 5.91. The molecule has 18 heavy (non-hydrogen) atoms. The van der Waals surface area contributed by atoms with Crippen LogP contribution < -0.4 is 0 Å². The van der Waals surface area contributed by atoms with Crippen LogP contribution in [-0.2, 0) is 4.99 Å². The molecule has 88 valence electrons. The summed E-state index contributed by atoms with van der Waals surface area (Å²) in [6, 6.07) is 7.53. The second kappa shape index (κ2) is 4.34. The van der Waals surface area contributed by atoms with Crippen LogP contribution in [-0.4, -0.2) is 21.9 Å². The highest BCUT2D eigenvalue weighted by atomic mass is 32.1. The van der Waals surface area contributed by atoms with Crippen LogP contribution in [0.5, 0.6) is 0 Å². The van der Waals surface area contributed by atoms with Crippen molar-refractivity contribution in [3.8, 4) is 0 Å². The van der Waals surface area contributed by atoms with E-state index in [2.05, 4.69) is 32.6 Å². The highest BCUT2D eigenvalue weighted by Crippen LogP contribution is 2.34. The molecule has 1 aliphatic rings. The molecule has 0 saturated carbocycles. The normalized spacial score (nSPS) is 21.9. The molecule has 4 nitrogen and oxygen atoms in total. The fourth-order valence-corrected chi connectivity index (χ4v) is 2.07. The molecule has 5 heteroatoms. The molecule has 1 aliphatic heterocycles. The lowest BCUT2D eigenvalue weighted by molar-refractivity contribution is 0.727. The molecular weight excluding hydrogens is 244 g/mol. The number of hydrogen-bond donors (Lipinski definition) is 1. The second-order valence-electron chi connectivity index (χ2n) is 3.86. The monoisotopic (exact) mass is 254 g/mol. The van der Waals surface area contributed by atoms with E-state index in [1.54, 1.807) is 31.0 Å². The molecule has 0 aromatic carbocycles. The fourth-order valence-electron chi connectivity index (χ4n) is 1.75. The third-order valence-corrected chi connectivity index (χ3v) is 3.16. The van der Waals surface area contributed by atoms with Crippen molar-refractivity contribution in [2.45, 2.75) is 4.99 Å². The Morgan fingerprint density at radius 2 is 1.50 bits per heavy atom. The Hall–Kier alpha value is -2.01. The smallest absolute Gasteiger partial charge is 0.221 e. The number of rotatable bonds is 2. The van der Waals surface area contributed by atoms with Gasteiger partial charge in [0.25, 0.3) is 0 Å². The van der Waals surface area contributed by atoms with Crippen molar-refractivity contribution in [3.63, 3.8) is 0 Å². The summed E-state index contributed by atoms with van der Waals surface area (Å²) in [5.74, 6) is 0. The summed E-state index contributed by atoms with van der Waals surface area (Å²) in [6.45, 7) is 0. The summed E-state index contributed by atoms with van der Waals surface area (Å²) < 4.78 is 0. The van der Waals surface area contributed by atoms with E-state index in [0.717, 1.165) is 16.8 Å². The Bertz CT molecular complexity index is 609. The lowest BCUT2D eigenvalue weighted by Gasteiger charge is -2.16. The molecule has 0 radical (unpaired) electrons. The average molecular weight is 254 g/mol. The van der Waals surface area contributed by atoms with Crippen molar-refractivity contribution < 1.29 is 0 Å². The van der Waals surface area contributed by atoms with E-state index in [1.165, 1.54) is 0 Å². The summed E-state index contributed by atoms with van der Waals surface area (Å²) in [5.41, 5.74) is 2.70. The molecule has 0 aliphatic carbocycles. The van der Waals surface area contributed by atoms with Crippen LogP contribution in [0.4, 0.5) is 0 Å². The van der Waals surface area contributed by atoms with Crippen molar-refractivity contribution in [3.05, 3.63) is 60.2 Å². The van der Waals surface area contributed by atoms with Crippen LogP contribution >= 0.6 is 12.6 Å². The van der Waals surface area contributed by atoms with Gasteiger partial charge < -0.3 is 0 Å². The van der Waals surface area contributed by atoms with Crippen molar-refractivity contribution in [1.82, 2.24) is 9.97 Å². The van der Waals surface area contributed by atoms with E-state index in [0.29, 0.717) is 0 Å². The Morgan fingerprint density at radius 3 is 2.17 bits per heavy atom. The van der Waals surface area contributed by atoms with E-state index in [4.69, 9.17) is 0 Å². The van der Waals surface area contributed by atoms with Crippen molar-refractivity contribution in [1.29, 1.82) is 0 Å². The molecule has 0 spiro atoms. The standard InChI is InChI=1S/C13H10N4S/c18-13(11-3-7-15-8-4-11)16-9-12(17-13)10-1-5-14-6-2-10/h1-9,18H. The average Bonchev–Trinajstić information content (AvgIpc) is 2.85. The third-order valence-electron chi connectivity index (χ3n) is 2.69. The van der Waals surface area contributed by atoms with Crippen molar-refractivity contribution in [2.75, 3.05) is 0 Å². The SMILES string of the molecule is SC1(c2ccncc2)N=CC(c2ccncc2)=N1. The molecule has 0 N–H and O–H groups in total. The molecule has 2 aromatic heterocycles. The maximum Gasteiger partial charge on any atom is 0.221 e. The largest absolute Gasteiger partial charge is 0.265 e. The first kappa shape index (κ1) is 11.1. The molecule has 1 atom stereocenters. The van der Waals surface area contributed by atoms with Gasteiger partial charge in [-0.25, -0.2) is 9.98 Å². The lowest BCUT2D eigenvalue weighted by Crippen LogP contribution is -2.10. The van der Waals surface area contributed by atoms with E-state index >= 15 is 0 Å². The van der Waals surface area contributed by atoms with E-state index < -0.39 is 4.99 Å². The molecule has 3 heterocycles. The Balaban J connectivity index is 2.00. The third kappa shape index (κ3) is 1.93. The number of thiol groups is 1. The van der Waals surface area contributed by atoms with E-state index in [9.17, 15) is 0 Å². The van der Waals surface area contributed by atoms with Gasteiger partial charge in [0.15, 0.2) is 0 Å². The summed E-state index contributed by atoms with van der Waals surface area (Å²) in [6.07, 6.45) is 8.63. The van der Waals surface area contributed by atoms with Gasteiger partial charge in [-0.1, -0.05) is 0 Å². The van der Waals surface area contributed by atoms with Crippen LogP contribution in [0.1, 0.15) is 11.1 Å². The maximum absolute atomic E-state index is 4.56. The highest BCUT2D eigenvalue weighted by molar-refractivity contribution is 7.81. The van der Waals surface area contributed by atoms with Gasteiger partial charge >= 0.3 is 0 Å². The summed E-state index contributed by atoms with van der Waals surface area (Å²) in [7, 11) is 0. The van der Waals surface area contributed by atoms with Crippen molar-refractivity contribution in [2.24, 2.45) is 9.98 Å². The summed E-state index contributed by atoms with van der Waals surface area (Å²) in [5, 5.41) is 0. The zero-order valence-electron chi connectivity index (χ0n) is 9.43. The Kier molecular flexibility index (Phi) is 2.68. The highest BCUT2D eigenvalue weighted by Gasteiger charge is 2.30. The van der Waals surface area contributed by atoms with Gasteiger partial charge in [-0.2, -0.15) is 0 Å². The first-order chi connectivity index (χ1) is 8.78. The predicted octanol–water partition coefficient (Wildman–Crippen LogP) is 2.09. The Labute approximate surface area is 110 Å². The fraction of sp³-hybridized carbons (Fsp3) is 0.0769.